The quantitative estimate of drug-likeness (QED) is 0.549. The molecular formula is C15H7BrF4N2. The van der Waals surface area contributed by atoms with E-state index in [0.29, 0.717) is 16.8 Å². The van der Waals surface area contributed by atoms with Crippen LogP contribution in [0.15, 0.2) is 47.1 Å². The number of alkyl halides is 3. The highest BCUT2D eigenvalue weighted by atomic mass is 79.9. The predicted octanol–water partition coefficient (Wildman–Crippen LogP) is 5.22. The first-order chi connectivity index (χ1) is 10.3. The number of hydrogen-bond donors (Lipinski definition) is 0. The molecule has 0 bridgehead atoms. The largest absolute Gasteiger partial charge is 0.416 e. The first kappa shape index (κ1) is 14.9. The smallest absolute Gasteiger partial charge is 0.251 e. The zero-order valence-electron chi connectivity index (χ0n) is 10.8. The maximum atomic E-state index is 12.9. The molecular weight excluding hydrogens is 364 g/mol. The number of benzene rings is 2. The van der Waals surface area contributed by atoms with Gasteiger partial charge < -0.3 is 0 Å². The van der Waals surface area contributed by atoms with E-state index in [9.17, 15) is 17.6 Å². The van der Waals surface area contributed by atoms with Gasteiger partial charge in [-0.2, -0.15) is 13.2 Å². The monoisotopic (exact) mass is 370 g/mol. The van der Waals surface area contributed by atoms with E-state index >= 15 is 0 Å². The van der Waals surface area contributed by atoms with Gasteiger partial charge >= 0.3 is 6.18 Å². The van der Waals surface area contributed by atoms with E-state index in [0.717, 1.165) is 12.1 Å². The van der Waals surface area contributed by atoms with Gasteiger partial charge in [0.1, 0.15) is 11.3 Å². The Balaban J connectivity index is 2.18. The molecule has 0 aliphatic rings. The zero-order valence-corrected chi connectivity index (χ0v) is 12.4. The number of aromatic nitrogens is 2. The molecule has 2 aromatic carbocycles. The van der Waals surface area contributed by atoms with Crippen LogP contribution in [0, 0.1) is 5.82 Å². The molecule has 3 aromatic rings. The van der Waals surface area contributed by atoms with E-state index in [1.807, 2.05) is 0 Å². The highest BCUT2D eigenvalue weighted by Crippen LogP contribution is 2.34. The van der Waals surface area contributed by atoms with Crippen LogP contribution in [0.25, 0.3) is 22.3 Å². The molecule has 22 heavy (non-hydrogen) atoms. The van der Waals surface area contributed by atoms with Crippen molar-refractivity contribution in [3.8, 4) is 11.3 Å². The van der Waals surface area contributed by atoms with Crippen molar-refractivity contribution in [1.29, 1.82) is 0 Å². The fourth-order valence-electron chi connectivity index (χ4n) is 2.01. The van der Waals surface area contributed by atoms with Crippen LogP contribution in [-0.2, 0) is 6.18 Å². The molecule has 0 aliphatic carbocycles. The van der Waals surface area contributed by atoms with Gasteiger partial charge in [0, 0.05) is 10.0 Å². The summed E-state index contributed by atoms with van der Waals surface area (Å²) in [6, 6.07) is 7.41. The van der Waals surface area contributed by atoms with Gasteiger partial charge in [-0.3, -0.25) is 4.98 Å². The molecule has 0 radical (unpaired) electrons. The number of rotatable bonds is 1. The molecule has 0 aliphatic heterocycles. The van der Waals surface area contributed by atoms with Crippen molar-refractivity contribution in [2.75, 3.05) is 0 Å². The van der Waals surface area contributed by atoms with Crippen molar-refractivity contribution >= 4 is 27.0 Å². The maximum Gasteiger partial charge on any atom is 0.416 e. The van der Waals surface area contributed by atoms with Crippen LogP contribution < -0.4 is 0 Å². The third kappa shape index (κ3) is 2.81. The molecule has 0 saturated carbocycles. The minimum Gasteiger partial charge on any atom is -0.251 e. The van der Waals surface area contributed by atoms with Crippen molar-refractivity contribution in [3.05, 3.63) is 58.4 Å². The van der Waals surface area contributed by atoms with E-state index in [2.05, 4.69) is 25.9 Å². The lowest BCUT2D eigenvalue weighted by Crippen LogP contribution is -2.05. The van der Waals surface area contributed by atoms with E-state index in [-0.39, 0.29) is 9.99 Å². The maximum absolute atomic E-state index is 12.9. The standard InChI is InChI=1S/C15H7BrF4N2/c16-11-5-9(15(18,19)20)6-12-14(11)21-7-13(22-12)8-1-3-10(17)4-2-8/h1-7H. The van der Waals surface area contributed by atoms with Crippen LogP contribution in [0.5, 0.6) is 0 Å². The summed E-state index contributed by atoms with van der Waals surface area (Å²) < 4.78 is 51.7. The van der Waals surface area contributed by atoms with Gasteiger partial charge in [0.25, 0.3) is 0 Å². The summed E-state index contributed by atoms with van der Waals surface area (Å²) in [5.41, 5.74) is 0.586. The molecule has 2 nitrogen and oxygen atoms in total. The molecule has 0 spiro atoms. The van der Waals surface area contributed by atoms with Crippen LogP contribution in [0.3, 0.4) is 0 Å². The Morgan fingerprint density at radius 3 is 2.32 bits per heavy atom. The third-order valence-corrected chi connectivity index (χ3v) is 3.67. The fourth-order valence-corrected chi connectivity index (χ4v) is 2.56. The second kappa shape index (κ2) is 5.31. The van der Waals surface area contributed by atoms with Crippen molar-refractivity contribution in [2.45, 2.75) is 6.18 Å². The van der Waals surface area contributed by atoms with E-state index in [1.54, 1.807) is 0 Å². The van der Waals surface area contributed by atoms with Crippen LogP contribution in [0.2, 0.25) is 0 Å². The molecule has 3 rings (SSSR count). The van der Waals surface area contributed by atoms with E-state index in [1.165, 1.54) is 30.5 Å². The number of hydrogen-bond acceptors (Lipinski definition) is 2. The SMILES string of the molecule is Fc1ccc(-c2cnc3c(Br)cc(C(F)(F)F)cc3n2)cc1. The molecule has 0 unspecified atom stereocenters. The molecule has 0 atom stereocenters. The fraction of sp³-hybridized carbons (Fsp3) is 0.0667. The van der Waals surface area contributed by atoms with E-state index < -0.39 is 17.6 Å². The Labute approximate surface area is 131 Å². The van der Waals surface area contributed by atoms with Gasteiger partial charge in [-0.05, 0) is 52.3 Å². The van der Waals surface area contributed by atoms with Crippen LogP contribution >= 0.6 is 15.9 Å². The van der Waals surface area contributed by atoms with Gasteiger partial charge in [-0.15, -0.1) is 0 Å². The third-order valence-electron chi connectivity index (χ3n) is 3.07. The van der Waals surface area contributed by atoms with Gasteiger partial charge in [0.2, 0.25) is 0 Å². The summed E-state index contributed by atoms with van der Waals surface area (Å²) in [7, 11) is 0. The highest BCUT2D eigenvalue weighted by molar-refractivity contribution is 9.10. The summed E-state index contributed by atoms with van der Waals surface area (Å²) in [6.07, 6.45) is -3.03. The molecule has 1 aromatic heterocycles. The summed E-state index contributed by atoms with van der Waals surface area (Å²) >= 11 is 3.08. The Hall–Kier alpha value is -2.02. The second-order valence-electron chi connectivity index (χ2n) is 4.59. The summed E-state index contributed by atoms with van der Waals surface area (Å²) in [5.74, 6) is -0.403. The van der Waals surface area contributed by atoms with Gasteiger partial charge in [-0.25, -0.2) is 9.37 Å². The summed E-state index contributed by atoms with van der Waals surface area (Å²) in [4.78, 5) is 8.33. The number of nitrogens with zero attached hydrogens (tertiary/aromatic N) is 2. The molecule has 7 heteroatoms. The zero-order chi connectivity index (χ0) is 15.9. The molecule has 112 valence electrons. The lowest BCUT2D eigenvalue weighted by Gasteiger charge is -2.09. The second-order valence-corrected chi connectivity index (χ2v) is 5.44. The molecule has 0 saturated heterocycles. The van der Waals surface area contributed by atoms with Crippen molar-refractivity contribution in [3.63, 3.8) is 0 Å². The van der Waals surface area contributed by atoms with Gasteiger partial charge in [-0.1, -0.05) is 0 Å². The minimum absolute atomic E-state index is 0.114. The molecule has 0 amide bonds. The Morgan fingerprint density at radius 1 is 1.00 bits per heavy atom. The molecule has 1 heterocycles. The predicted molar refractivity (Wildman–Crippen MR) is 77.6 cm³/mol. The van der Waals surface area contributed by atoms with Crippen molar-refractivity contribution in [1.82, 2.24) is 9.97 Å². The van der Waals surface area contributed by atoms with Crippen LogP contribution in [0.1, 0.15) is 5.56 Å². The van der Waals surface area contributed by atoms with Crippen molar-refractivity contribution in [2.24, 2.45) is 0 Å². The van der Waals surface area contributed by atoms with Crippen LogP contribution in [-0.4, -0.2) is 9.97 Å². The Kier molecular flexibility index (Phi) is 3.60. The lowest BCUT2D eigenvalue weighted by molar-refractivity contribution is -0.137. The molecule has 0 N–H and O–H groups in total. The Bertz CT molecular complexity index is 845. The highest BCUT2D eigenvalue weighted by Gasteiger charge is 2.31. The first-order valence-corrected chi connectivity index (χ1v) is 6.93. The minimum atomic E-state index is -4.47. The van der Waals surface area contributed by atoms with E-state index in [4.69, 9.17) is 0 Å². The van der Waals surface area contributed by atoms with Crippen molar-refractivity contribution < 1.29 is 17.6 Å². The van der Waals surface area contributed by atoms with Crippen LogP contribution in [0.4, 0.5) is 17.6 Å². The summed E-state index contributed by atoms with van der Waals surface area (Å²) in [6.45, 7) is 0. The Morgan fingerprint density at radius 2 is 1.68 bits per heavy atom. The van der Waals surface area contributed by atoms with Gasteiger partial charge in [0.05, 0.1) is 23.0 Å². The average Bonchev–Trinajstić information content (AvgIpc) is 2.46. The van der Waals surface area contributed by atoms with Gasteiger partial charge in [0.15, 0.2) is 0 Å². The normalized spacial score (nSPS) is 11.9. The first-order valence-electron chi connectivity index (χ1n) is 6.14. The number of halogens is 5. The lowest BCUT2D eigenvalue weighted by atomic mass is 10.1. The average molecular weight is 371 g/mol. The summed E-state index contributed by atoms with van der Waals surface area (Å²) in [5, 5.41) is 0. The number of fused-ring (bicyclic) bond motifs is 1. The molecule has 0 fully saturated rings. The topological polar surface area (TPSA) is 25.8 Å².